The Balaban J connectivity index is 1.49. The van der Waals surface area contributed by atoms with Gasteiger partial charge in [-0.3, -0.25) is 5.43 Å². The average molecular weight is 409 g/mol. The number of nitrogens with zero attached hydrogens (tertiary/aromatic N) is 1. The molecule has 4 rings (SSSR count). The summed E-state index contributed by atoms with van der Waals surface area (Å²) in [5, 5.41) is 4.35. The molecule has 4 heteroatoms. The van der Waals surface area contributed by atoms with Crippen LogP contribution in [0.1, 0.15) is 16.7 Å². The molecule has 0 aliphatic carbocycles. The molecule has 4 nitrogen and oxygen atoms in total. The van der Waals surface area contributed by atoms with Gasteiger partial charge in [-0.05, 0) is 35.4 Å². The lowest BCUT2D eigenvalue weighted by Crippen LogP contribution is -2.01. The molecule has 0 bridgehead atoms. The van der Waals surface area contributed by atoms with Crippen molar-refractivity contribution in [1.29, 1.82) is 0 Å². The first-order valence-electron chi connectivity index (χ1n) is 10.2. The van der Waals surface area contributed by atoms with E-state index in [-0.39, 0.29) is 0 Å². The molecule has 0 atom stereocenters. The van der Waals surface area contributed by atoms with Crippen molar-refractivity contribution in [3.05, 3.63) is 126 Å². The van der Waals surface area contributed by atoms with Gasteiger partial charge in [-0.15, -0.1) is 0 Å². The van der Waals surface area contributed by atoms with Crippen LogP contribution in [0, 0.1) is 0 Å². The van der Waals surface area contributed by atoms with Crippen molar-refractivity contribution in [3.63, 3.8) is 0 Å². The maximum absolute atomic E-state index is 6.12. The van der Waals surface area contributed by atoms with E-state index in [1.807, 2.05) is 109 Å². The second kappa shape index (κ2) is 10.6. The van der Waals surface area contributed by atoms with E-state index in [1.165, 1.54) is 0 Å². The smallest absolute Gasteiger partial charge is 0.132 e. The molecule has 0 saturated heterocycles. The SMILES string of the molecule is C(=NNc1ccccc1)c1ccc(OCc2ccccc2)cc1OCc1ccccc1. The van der Waals surface area contributed by atoms with E-state index in [2.05, 4.69) is 10.5 Å². The van der Waals surface area contributed by atoms with E-state index >= 15 is 0 Å². The zero-order chi connectivity index (χ0) is 21.1. The Kier molecular flexibility index (Phi) is 6.95. The van der Waals surface area contributed by atoms with E-state index in [0.717, 1.165) is 28.1 Å². The van der Waals surface area contributed by atoms with Crippen LogP contribution in [0.4, 0.5) is 5.69 Å². The van der Waals surface area contributed by atoms with Gasteiger partial charge in [0.15, 0.2) is 0 Å². The molecule has 1 N–H and O–H groups in total. The van der Waals surface area contributed by atoms with Crippen LogP contribution in [0.5, 0.6) is 11.5 Å². The van der Waals surface area contributed by atoms with Crippen molar-refractivity contribution in [1.82, 2.24) is 0 Å². The third kappa shape index (κ3) is 6.21. The number of nitrogens with one attached hydrogen (secondary N) is 1. The Hall–Kier alpha value is -4.05. The maximum Gasteiger partial charge on any atom is 0.132 e. The Morgan fingerprint density at radius 3 is 1.87 bits per heavy atom. The fourth-order valence-electron chi connectivity index (χ4n) is 3.00. The summed E-state index contributed by atoms with van der Waals surface area (Å²) in [4.78, 5) is 0. The molecular formula is C27H24N2O2. The predicted molar refractivity (Wildman–Crippen MR) is 126 cm³/mol. The molecule has 0 aromatic heterocycles. The summed E-state index contributed by atoms with van der Waals surface area (Å²) in [6.07, 6.45) is 1.76. The number of rotatable bonds is 9. The summed E-state index contributed by atoms with van der Waals surface area (Å²) in [6.45, 7) is 0.970. The first-order chi connectivity index (χ1) is 15.4. The molecule has 31 heavy (non-hydrogen) atoms. The highest BCUT2D eigenvalue weighted by Crippen LogP contribution is 2.26. The van der Waals surface area contributed by atoms with Crippen molar-refractivity contribution in [2.45, 2.75) is 13.2 Å². The fourth-order valence-corrected chi connectivity index (χ4v) is 3.00. The van der Waals surface area contributed by atoms with Gasteiger partial charge in [-0.25, -0.2) is 0 Å². The summed E-state index contributed by atoms with van der Waals surface area (Å²) in [5.74, 6) is 1.47. The quantitative estimate of drug-likeness (QED) is 0.261. The molecule has 4 aromatic carbocycles. The highest BCUT2D eigenvalue weighted by molar-refractivity contribution is 5.84. The monoisotopic (exact) mass is 408 g/mol. The van der Waals surface area contributed by atoms with Crippen molar-refractivity contribution in [3.8, 4) is 11.5 Å². The van der Waals surface area contributed by atoms with Crippen LogP contribution in [-0.4, -0.2) is 6.21 Å². The lowest BCUT2D eigenvalue weighted by atomic mass is 10.2. The second-order valence-electron chi connectivity index (χ2n) is 6.98. The average Bonchev–Trinajstić information content (AvgIpc) is 2.84. The number of hydrogen-bond donors (Lipinski definition) is 1. The lowest BCUT2D eigenvalue weighted by Gasteiger charge is -2.12. The molecule has 0 heterocycles. The van der Waals surface area contributed by atoms with Crippen LogP contribution in [0.2, 0.25) is 0 Å². The molecule has 154 valence electrons. The highest BCUT2D eigenvalue weighted by Gasteiger charge is 2.06. The van der Waals surface area contributed by atoms with E-state index in [9.17, 15) is 0 Å². The molecule has 0 fully saturated rings. The van der Waals surface area contributed by atoms with Crippen LogP contribution >= 0.6 is 0 Å². The summed E-state index contributed by atoms with van der Waals surface area (Å²) in [5.41, 5.74) is 7.05. The number of anilines is 1. The van der Waals surface area contributed by atoms with Gasteiger partial charge >= 0.3 is 0 Å². The fraction of sp³-hybridized carbons (Fsp3) is 0.0741. The van der Waals surface area contributed by atoms with Gasteiger partial charge in [0.1, 0.15) is 24.7 Å². The van der Waals surface area contributed by atoms with Gasteiger partial charge in [0.25, 0.3) is 0 Å². The maximum atomic E-state index is 6.12. The predicted octanol–water partition coefficient (Wildman–Crippen LogP) is 6.29. The van der Waals surface area contributed by atoms with Crippen molar-refractivity contribution in [2.24, 2.45) is 5.10 Å². The Labute approximate surface area is 182 Å². The number of para-hydroxylation sites is 1. The molecule has 0 aliphatic rings. The third-order valence-electron chi connectivity index (χ3n) is 4.64. The lowest BCUT2D eigenvalue weighted by molar-refractivity contribution is 0.289. The van der Waals surface area contributed by atoms with E-state index in [0.29, 0.717) is 19.0 Å². The Morgan fingerprint density at radius 2 is 1.23 bits per heavy atom. The van der Waals surface area contributed by atoms with Gasteiger partial charge in [0.05, 0.1) is 11.9 Å². The highest BCUT2D eigenvalue weighted by atomic mass is 16.5. The summed E-state index contributed by atoms with van der Waals surface area (Å²) >= 11 is 0. The van der Waals surface area contributed by atoms with Gasteiger partial charge < -0.3 is 9.47 Å². The number of benzene rings is 4. The van der Waals surface area contributed by atoms with E-state index in [1.54, 1.807) is 6.21 Å². The number of ether oxygens (including phenoxy) is 2. The van der Waals surface area contributed by atoms with E-state index in [4.69, 9.17) is 9.47 Å². The molecule has 0 aliphatic heterocycles. The molecule has 0 unspecified atom stereocenters. The largest absolute Gasteiger partial charge is 0.489 e. The normalized spacial score (nSPS) is 10.7. The zero-order valence-corrected chi connectivity index (χ0v) is 17.1. The van der Waals surface area contributed by atoms with Crippen LogP contribution < -0.4 is 14.9 Å². The van der Waals surface area contributed by atoms with Crippen LogP contribution in [-0.2, 0) is 13.2 Å². The van der Waals surface area contributed by atoms with Crippen LogP contribution in [0.3, 0.4) is 0 Å². The zero-order valence-electron chi connectivity index (χ0n) is 17.1. The molecular weight excluding hydrogens is 384 g/mol. The summed E-state index contributed by atoms with van der Waals surface area (Å²) in [7, 11) is 0. The van der Waals surface area contributed by atoms with Gasteiger partial charge in [-0.1, -0.05) is 78.9 Å². The van der Waals surface area contributed by atoms with Crippen molar-refractivity contribution in [2.75, 3.05) is 5.43 Å². The van der Waals surface area contributed by atoms with Crippen molar-refractivity contribution >= 4 is 11.9 Å². The molecule has 0 amide bonds. The molecule has 0 spiro atoms. The van der Waals surface area contributed by atoms with Gasteiger partial charge in [0, 0.05) is 11.6 Å². The Bertz CT molecular complexity index is 1100. The molecule has 0 radical (unpaired) electrons. The Morgan fingerprint density at radius 1 is 0.645 bits per heavy atom. The minimum Gasteiger partial charge on any atom is -0.489 e. The molecule has 4 aromatic rings. The number of hydrogen-bond acceptors (Lipinski definition) is 4. The molecule has 0 saturated carbocycles. The standard InChI is InChI=1S/C27H24N2O2/c1-4-10-22(11-5-1)20-30-26-17-16-24(19-28-29-25-14-8-3-9-15-25)27(18-26)31-21-23-12-6-2-7-13-23/h1-19,29H,20-21H2. The van der Waals surface area contributed by atoms with Gasteiger partial charge in [-0.2, -0.15) is 5.10 Å². The first-order valence-corrected chi connectivity index (χ1v) is 10.2. The second-order valence-corrected chi connectivity index (χ2v) is 6.98. The summed E-state index contributed by atoms with van der Waals surface area (Å²) in [6, 6.07) is 35.8. The minimum atomic E-state index is 0.468. The van der Waals surface area contributed by atoms with Crippen molar-refractivity contribution < 1.29 is 9.47 Å². The van der Waals surface area contributed by atoms with Gasteiger partial charge in [0.2, 0.25) is 0 Å². The van der Waals surface area contributed by atoms with Crippen LogP contribution in [0.25, 0.3) is 0 Å². The summed E-state index contributed by atoms with van der Waals surface area (Å²) < 4.78 is 12.1. The first kappa shape index (κ1) is 20.2. The topological polar surface area (TPSA) is 42.9 Å². The van der Waals surface area contributed by atoms with E-state index < -0.39 is 0 Å². The van der Waals surface area contributed by atoms with Crippen LogP contribution in [0.15, 0.2) is 114 Å². The number of hydrazone groups is 1. The third-order valence-corrected chi connectivity index (χ3v) is 4.64. The minimum absolute atomic E-state index is 0.468.